The van der Waals surface area contributed by atoms with Gasteiger partial charge in [-0.1, -0.05) is 0 Å². The summed E-state index contributed by atoms with van der Waals surface area (Å²) in [5, 5.41) is 0. The Hall–Kier alpha value is -0.120. The highest BCUT2D eigenvalue weighted by atomic mass is 16.6. The van der Waals surface area contributed by atoms with Gasteiger partial charge in [0.05, 0.1) is 24.9 Å². The molecule has 10 heavy (non-hydrogen) atoms. The molecule has 0 bridgehead atoms. The zero-order valence-electron chi connectivity index (χ0n) is 6.59. The molecule has 0 amide bonds. The van der Waals surface area contributed by atoms with Crippen molar-refractivity contribution in [3.63, 3.8) is 0 Å². The van der Waals surface area contributed by atoms with E-state index in [2.05, 4.69) is 0 Å². The largest absolute Gasteiger partial charge is 0.376 e. The molecule has 0 aromatic rings. The Balaban J connectivity index is 2.40. The number of hydrogen-bond donors (Lipinski definition) is 1. The van der Waals surface area contributed by atoms with Gasteiger partial charge in [0.15, 0.2) is 0 Å². The van der Waals surface area contributed by atoms with Gasteiger partial charge in [-0.25, -0.2) is 0 Å². The summed E-state index contributed by atoms with van der Waals surface area (Å²) in [6.07, 6.45) is 0.0868. The summed E-state index contributed by atoms with van der Waals surface area (Å²) in [6, 6.07) is 0. The molecule has 1 aliphatic heterocycles. The first-order valence-corrected chi connectivity index (χ1v) is 3.60. The summed E-state index contributed by atoms with van der Waals surface area (Å²) in [4.78, 5) is 0. The Morgan fingerprint density at radius 2 is 2.30 bits per heavy atom. The highest BCUT2D eigenvalue weighted by molar-refractivity contribution is 4.75. The third-order valence-corrected chi connectivity index (χ3v) is 1.50. The van der Waals surface area contributed by atoms with E-state index in [4.69, 9.17) is 15.2 Å². The Kier molecular flexibility index (Phi) is 2.28. The van der Waals surface area contributed by atoms with Gasteiger partial charge >= 0.3 is 0 Å². The molecule has 1 rings (SSSR count). The zero-order valence-corrected chi connectivity index (χ0v) is 6.59. The Morgan fingerprint density at radius 1 is 1.60 bits per heavy atom. The molecule has 3 heteroatoms. The van der Waals surface area contributed by atoms with E-state index in [1.807, 2.05) is 13.8 Å². The summed E-state index contributed by atoms with van der Waals surface area (Å²) in [5.74, 6) is 0. The monoisotopic (exact) mass is 145 g/mol. The Morgan fingerprint density at radius 3 is 2.70 bits per heavy atom. The minimum absolute atomic E-state index is 0.0868. The maximum absolute atomic E-state index is 5.57. The fourth-order valence-electron chi connectivity index (χ4n) is 1.07. The van der Waals surface area contributed by atoms with E-state index in [0.717, 1.165) is 0 Å². The average Bonchev–Trinajstić information content (AvgIpc) is 1.86. The molecule has 0 saturated carbocycles. The second-order valence-electron chi connectivity index (χ2n) is 3.25. The SMILES string of the molecule is CC1(C)COC[C@@H](CN)O1. The Bertz CT molecular complexity index is 114. The van der Waals surface area contributed by atoms with Crippen LogP contribution in [0.2, 0.25) is 0 Å². The van der Waals surface area contributed by atoms with Gasteiger partial charge < -0.3 is 15.2 Å². The van der Waals surface area contributed by atoms with E-state index in [-0.39, 0.29) is 11.7 Å². The van der Waals surface area contributed by atoms with Crippen LogP contribution in [0.25, 0.3) is 0 Å². The highest BCUT2D eigenvalue weighted by Gasteiger charge is 2.28. The van der Waals surface area contributed by atoms with Gasteiger partial charge in [-0.3, -0.25) is 0 Å². The van der Waals surface area contributed by atoms with Gasteiger partial charge in [0.1, 0.15) is 0 Å². The second-order valence-corrected chi connectivity index (χ2v) is 3.25. The van der Waals surface area contributed by atoms with Crippen LogP contribution in [0.3, 0.4) is 0 Å². The van der Waals surface area contributed by atoms with E-state index in [1.165, 1.54) is 0 Å². The topological polar surface area (TPSA) is 44.5 Å². The van der Waals surface area contributed by atoms with Gasteiger partial charge in [0, 0.05) is 6.54 Å². The van der Waals surface area contributed by atoms with Crippen molar-refractivity contribution in [3.05, 3.63) is 0 Å². The molecule has 0 aromatic heterocycles. The molecule has 0 aliphatic carbocycles. The van der Waals surface area contributed by atoms with Crippen LogP contribution < -0.4 is 5.73 Å². The third kappa shape index (κ3) is 1.94. The fourth-order valence-corrected chi connectivity index (χ4v) is 1.07. The summed E-state index contributed by atoms with van der Waals surface area (Å²) >= 11 is 0. The van der Waals surface area contributed by atoms with Crippen LogP contribution in [0.5, 0.6) is 0 Å². The first-order valence-electron chi connectivity index (χ1n) is 3.60. The fraction of sp³-hybridized carbons (Fsp3) is 1.00. The van der Waals surface area contributed by atoms with E-state index < -0.39 is 0 Å². The molecule has 0 unspecified atom stereocenters. The first kappa shape index (κ1) is 7.98. The number of nitrogens with two attached hydrogens (primary N) is 1. The summed E-state index contributed by atoms with van der Waals surface area (Å²) < 4.78 is 10.9. The molecule has 3 nitrogen and oxygen atoms in total. The Labute approximate surface area is 61.5 Å². The van der Waals surface area contributed by atoms with Crippen molar-refractivity contribution in [2.45, 2.75) is 25.6 Å². The maximum atomic E-state index is 5.57. The van der Waals surface area contributed by atoms with Gasteiger partial charge in [0.2, 0.25) is 0 Å². The number of hydrogen-bond acceptors (Lipinski definition) is 3. The molecular weight excluding hydrogens is 130 g/mol. The van der Waals surface area contributed by atoms with Crippen molar-refractivity contribution in [1.82, 2.24) is 0 Å². The molecule has 0 radical (unpaired) electrons. The molecule has 1 saturated heterocycles. The van der Waals surface area contributed by atoms with Crippen LogP contribution in [0, 0.1) is 0 Å². The lowest BCUT2D eigenvalue weighted by molar-refractivity contribution is -0.178. The van der Waals surface area contributed by atoms with Crippen molar-refractivity contribution in [2.24, 2.45) is 5.73 Å². The summed E-state index contributed by atoms with van der Waals surface area (Å²) in [6.45, 7) is 5.87. The van der Waals surface area contributed by atoms with Gasteiger partial charge in [0.25, 0.3) is 0 Å². The molecule has 1 heterocycles. The molecule has 0 aromatic carbocycles. The second kappa shape index (κ2) is 2.86. The van der Waals surface area contributed by atoms with Crippen LogP contribution in [-0.4, -0.2) is 31.5 Å². The van der Waals surface area contributed by atoms with Crippen LogP contribution in [-0.2, 0) is 9.47 Å². The highest BCUT2D eigenvalue weighted by Crippen LogP contribution is 2.17. The molecule has 2 N–H and O–H groups in total. The summed E-state index contributed by atoms with van der Waals surface area (Å²) in [7, 11) is 0. The smallest absolute Gasteiger partial charge is 0.0938 e. The minimum atomic E-state index is -0.151. The zero-order chi connectivity index (χ0) is 7.61. The minimum Gasteiger partial charge on any atom is -0.376 e. The van der Waals surface area contributed by atoms with Crippen molar-refractivity contribution in [3.8, 4) is 0 Å². The quantitative estimate of drug-likeness (QED) is 0.570. The van der Waals surface area contributed by atoms with Gasteiger partial charge in [-0.05, 0) is 13.8 Å². The number of ether oxygens (including phenoxy) is 2. The van der Waals surface area contributed by atoms with Crippen LogP contribution >= 0.6 is 0 Å². The van der Waals surface area contributed by atoms with E-state index in [9.17, 15) is 0 Å². The molecule has 1 aliphatic rings. The van der Waals surface area contributed by atoms with E-state index in [1.54, 1.807) is 0 Å². The summed E-state index contributed by atoms with van der Waals surface area (Å²) in [5.41, 5.74) is 5.27. The predicted octanol–water partition coefficient (Wildman–Crippen LogP) is 0.139. The average molecular weight is 145 g/mol. The van der Waals surface area contributed by atoms with Crippen LogP contribution in [0.4, 0.5) is 0 Å². The first-order chi connectivity index (χ1) is 4.64. The normalized spacial score (nSPS) is 32.1. The van der Waals surface area contributed by atoms with Crippen LogP contribution in [0.1, 0.15) is 13.8 Å². The van der Waals surface area contributed by atoms with Crippen molar-refractivity contribution >= 4 is 0 Å². The third-order valence-electron chi connectivity index (χ3n) is 1.50. The number of rotatable bonds is 1. The predicted molar refractivity (Wildman–Crippen MR) is 38.8 cm³/mol. The van der Waals surface area contributed by atoms with Crippen molar-refractivity contribution in [2.75, 3.05) is 19.8 Å². The van der Waals surface area contributed by atoms with Crippen LogP contribution in [0.15, 0.2) is 0 Å². The van der Waals surface area contributed by atoms with Gasteiger partial charge in [-0.2, -0.15) is 0 Å². The van der Waals surface area contributed by atoms with Gasteiger partial charge in [-0.15, -0.1) is 0 Å². The molecule has 60 valence electrons. The molecular formula is C7H15NO2. The van der Waals surface area contributed by atoms with Crippen molar-refractivity contribution in [1.29, 1.82) is 0 Å². The maximum Gasteiger partial charge on any atom is 0.0938 e. The lowest BCUT2D eigenvalue weighted by Gasteiger charge is -2.35. The van der Waals surface area contributed by atoms with E-state index in [0.29, 0.717) is 19.8 Å². The lowest BCUT2D eigenvalue weighted by Crippen LogP contribution is -2.46. The lowest BCUT2D eigenvalue weighted by atomic mass is 10.1. The van der Waals surface area contributed by atoms with Crippen molar-refractivity contribution < 1.29 is 9.47 Å². The van der Waals surface area contributed by atoms with E-state index >= 15 is 0 Å². The molecule has 1 fully saturated rings. The molecule has 0 spiro atoms. The molecule has 1 atom stereocenters. The standard InChI is InChI=1S/C7H15NO2/c1-7(2)5-9-4-6(3-8)10-7/h6H,3-5,8H2,1-2H3/t6-/m1/s1.